The zero-order chi connectivity index (χ0) is 12.4. The van der Waals surface area contributed by atoms with E-state index in [1.54, 1.807) is 6.08 Å². The van der Waals surface area contributed by atoms with Crippen molar-refractivity contribution in [3.05, 3.63) is 11.6 Å². The van der Waals surface area contributed by atoms with Crippen molar-refractivity contribution in [3.8, 4) is 0 Å². The molecule has 3 heteroatoms. The molecule has 0 rings (SSSR count). The number of nitrogens with one attached hydrogen (secondary N) is 1. The quantitative estimate of drug-likeness (QED) is 0.470. The summed E-state index contributed by atoms with van der Waals surface area (Å²) in [5.41, 5.74) is 0.494. The first-order valence-corrected chi connectivity index (χ1v) is 6.27. The summed E-state index contributed by atoms with van der Waals surface area (Å²) in [4.78, 5) is 10.7. The molecule has 0 aromatic rings. The molecule has 0 radical (unpaired) electrons. The van der Waals surface area contributed by atoms with E-state index < -0.39 is 5.97 Å². The van der Waals surface area contributed by atoms with Crippen molar-refractivity contribution in [3.63, 3.8) is 0 Å². The number of rotatable bonds is 9. The van der Waals surface area contributed by atoms with Crippen molar-refractivity contribution in [1.82, 2.24) is 5.32 Å². The molecule has 1 unspecified atom stereocenters. The molecule has 0 fully saturated rings. The predicted octanol–water partition coefficient (Wildman–Crippen LogP) is 2.97. The van der Waals surface area contributed by atoms with Gasteiger partial charge in [-0.1, -0.05) is 39.2 Å². The van der Waals surface area contributed by atoms with Crippen molar-refractivity contribution >= 4 is 5.97 Å². The fourth-order valence-electron chi connectivity index (χ4n) is 1.57. The lowest BCUT2D eigenvalue weighted by Gasteiger charge is -2.11. The van der Waals surface area contributed by atoms with Gasteiger partial charge in [0, 0.05) is 18.2 Å². The molecular formula is C13H25NO2. The monoisotopic (exact) mass is 227 g/mol. The third-order valence-electron chi connectivity index (χ3n) is 2.71. The highest BCUT2D eigenvalue weighted by atomic mass is 16.4. The minimum Gasteiger partial charge on any atom is -0.478 e. The van der Waals surface area contributed by atoms with Gasteiger partial charge in [0.25, 0.3) is 0 Å². The van der Waals surface area contributed by atoms with Gasteiger partial charge >= 0.3 is 5.97 Å². The van der Waals surface area contributed by atoms with E-state index >= 15 is 0 Å². The van der Waals surface area contributed by atoms with Crippen molar-refractivity contribution in [1.29, 1.82) is 0 Å². The molecule has 0 amide bonds. The topological polar surface area (TPSA) is 49.3 Å². The number of unbranched alkanes of at least 4 members (excludes halogenated alkanes) is 2. The Morgan fingerprint density at radius 2 is 2.06 bits per heavy atom. The second kappa shape index (κ2) is 9.40. The summed E-state index contributed by atoms with van der Waals surface area (Å²) in [6.45, 7) is 6.87. The van der Waals surface area contributed by atoms with Crippen LogP contribution in [0.15, 0.2) is 11.6 Å². The largest absolute Gasteiger partial charge is 0.478 e. The van der Waals surface area contributed by atoms with Gasteiger partial charge in [0.15, 0.2) is 0 Å². The van der Waals surface area contributed by atoms with Crippen LogP contribution in [0.3, 0.4) is 0 Å². The van der Waals surface area contributed by atoms with Crippen LogP contribution in [-0.2, 0) is 4.79 Å². The fraction of sp³-hybridized carbons (Fsp3) is 0.769. The Morgan fingerprint density at radius 1 is 1.38 bits per heavy atom. The van der Waals surface area contributed by atoms with E-state index in [0.717, 1.165) is 6.42 Å². The van der Waals surface area contributed by atoms with Crippen molar-refractivity contribution in [2.75, 3.05) is 6.54 Å². The molecule has 0 saturated heterocycles. The second-order valence-corrected chi connectivity index (χ2v) is 4.19. The number of carbonyl (C=O) groups is 1. The highest BCUT2D eigenvalue weighted by Gasteiger charge is 2.04. The number of carboxylic acid groups (broad SMARTS) is 1. The Balaban J connectivity index is 3.74. The summed E-state index contributed by atoms with van der Waals surface area (Å²) in [7, 11) is 0. The van der Waals surface area contributed by atoms with Crippen LogP contribution in [0.25, 0.3) is 0 Å². The van der Waals surface area contributed by atoms with Crippen LogP contribution in [-0.4, -0.2) is 23.7 Å². The van der Waals surface area contributed by atoms with Gasteiger partial charge in [0.05, 0.1) is 0 Å². The van der Waals surface area contributed by atoms with E-state index in [4.69, 9.17) is 5.11 Å². The lowest BCUT2D eigenvalue weighted by Crippen LogP contribution is -2.26. The van der Waals surface area contributed by atoms with Gasteiger partial charge in [0.2, 0.25) is 0 Å². The SMILES string of the molecule is CCCCCC(C)NC/C=C(/CC)C(=O)O. The van der Waals surface area contributed by atoms with E-state index in [1.165, 1.54) is 19.3 Å². The second-order valence-electron chi connectivity index (χ2n) is 4.19. The van der Waals surface area contributed by atoms with Crippen LogP contribution in [0.2, 0.25) is 0 Å². The van der Waals surface area contributed by atoms with E-state index in [1.807, 2.05) is 6.92 Å². The Hall–Kier alpha value is -0.830. The molecule has 0 aromatic carbocycles. The molecule has 0 bridgehead atoms. The van der Waals surface area contributed by atoms with E-state index in [2.05, 4.69) is 19.2 Å². The zero-order valence-corrected chi connectivity index (χ0v) is 10.8. The first kappa shape index (κ1) is 15.2. The molecule has 0 heterocycles. The lowest BCUT2D eigenvalue weighted by molar-refractivity contribution is -0.132. The first-order chi connectivity index (χ1) is 7.61. The van der Waals surface area contributed by atoms with Crippen molar-refractivity contribution < 1.29 is 9.90 Å². The molecule has 0 aromatic heterocycles. The van der Waals surface area contributed by atoms with Gasteiger partial charge in [-0.3, -0.25) is 0 Å². The Morgan fingerprint density at radius 3 is 2.56 bits per heavy atom. The normalized spacial score (nSPS) is 13.8. The highest BCUT2D eigenvalue weighted by Crippen LogP contribution is 2.03. The van der Waals surface area contributed by atoms with Crippen LogP contribution in [0, 0.1) is 0 Å². The number of carboxylic acids is 1. The number of aliphatic carboxylic acids is 1. The summed E-state index contributed by atoms with van der Waals surface area (Å²) in [5, 5.41) is 12.1. The van der Waals surface area contributed by atoms with Gasteiger partial charge in [-0.25, -0.2) is 4.79 Å². The maximum absolute atomic E-state index is 10.7. The highest BCUT2D eigenvalue weighted by molar-refractivity contribution is 5.86. The van der Waals surface area contributed by atoms with Crippen LogP contribution in [0.4, 0.5) is 0 Å². The standard InChI is InChI=1S/C13H25NO2/c1-4-6-7-8-11(3)14-10-9-12(5-2)13(15)16/h9,11,14H,4-8,10H2,1-3H3,(H,15,16)/b12-9-. The maximum atomic E-state index is 10.7. The minimum absolute atomic E-state index is 0.467. The van der Waals surface area contributed by atoms with Crippen LogP contribution < -0.4 is 5.32 Å². The summed E-state index contributed by atoms with van der Waals surface area (Å²) >= 11 is 0. The Labute approximate surface area is 98.9 Å². The van der Waals surface area contributed by atoms with Crippen molar-refractivity contribution in [2.45, 2.75) is 58.9 Å². The molecule has 0 aliphatic rings. The van der Waals surface area contributed by atoms with Crippen molar-refractivity contribution in [2.24, 2.45) is 0 Å². The molecule has 0 aliphatic carbocycles. The Kier molecular flexibility index (Phi) is 8.91. The molecule has 3 nitrogen and oxygen atoms in total. The molecule has 0 spiro atoms. The van der Waals surface area contributed by atoms with Gasteiger partial charge < -0.3 is 10.4 Å². The number of hydrogen-bond acceptors (Lipinski definition) is 2. The molecule has 94 valence electrons. The minimum atomic E-state index is -0.803. The fourth-order valence-corrected chi connectivity index (χ4v) is 1.57. The third kappa shape index (κ3) is 7.46. The van der Waals surface area contributed by atoms with Gasteiger partial charge in [0.1, 0.15) is 0 Å². The van der Waals surface area contributed by atoms with E-state index in [-0.39, 0.29) is 0 Å². The van der Waals surface area contributed by atoms with Crippen LogP contribution >= 0.6 is 0 Å². The molecular weight excluding hydrogens is 202 g/mol. The third-order valence-corrected chi connectivity index (χ3v) is 2.71. The van der Waals surface area contributed by atoms with E-state index in [9.17, 15) is 4.79 Å². The summed E-state index contributed by atoms with van der Waals surface area (Å²) in [6, 6.07) is 0.467. The zero-order valence-electron chi connectivity index (χ0n) is 10.8. The molecule has 2 N–H and O–H groups in total. The first-order valence-electron chi connectivity index (χ1n) is 6.27. The molecule has 0 saturated carbocycles. The molecule has 1 atom stereocenters. The van der Waals surface area contributed by atoms with Gasteiger partial charge in [-0.15, -0.1) is 0 Å². The summed E-state index contributed by atoms with van der Waals surface area (Å²) in [5.74, 6) is -0.803. The summed E-state index contributed by atoms with van der Waals surface area (Å²) in [6.07, 6.45) is 7.28. The average Bonchev–Trinajstić information content (AvgIpc) is 2.24. The number of hydrogen-bond donors (Lipinski definition) is 2. The maximum Gasteiger partial charge on any atom is 0.331 e. The van der Waals surface area contributed by atoms with Gasteiger partial charge in [-0.05, 0) is 19.8 Å². The van der Waals surface area contributed by atoms with Crippen LogP contribution in [0.1, 0.15) is 52.9 Å². The van der Waals surface area contributed by atoms with E-state index in [0.29, 0.717) is 24.6 Å². The summed E-state index contributed by atoms with van der Waals surface area (Å²) < 4.78 is 0. The smallest absolute Gasteiger partial charge is 0.331 e. The lowest BCUT2D eigenvalue weighted by atomic mass is 10.1. The average molecular weight is 227 g/mol. The van der Waals surface area contributed by atoms with Crippen LogP contribution in [0.5, 0.6) is 0 Å². The Bertz CT molecular complexity index is 224. The van der Waals surface area contributed by atoms with Gasteiger partial charge in [-0.2, -0.15) is 0 Å². The molecule has 0 aliphatic heterocycles. The predicted molar refractivity (Wildman–Crippen MR) is 67.6 cm³/mol. The molecule has 16 heavy (non-hydrogen) atoms.